The summed E-state index contributed by atoms with van der Waals surface area (Å²) in [5.41, 5.74) is 0.358. The third-order valence-corrected chi connectivity index (χ3v) is 3.41. The molecule has 94 valence electrons. The van der Waals surface area contributed by atoms with Crippen molar-refractivity contribution in [3.8, 4) is 0 Å². The van der Waals surface area contributed by atoms with Crippen molar-refractivity contribution < 1.29 is 14.6 Å². The third-order valence-electron chi connectivity index (χ3n) is 2.82. The van der Waals surface area contributed by atoms with Gasteiger partial charge in [0.05, 0.1) is 0 Å². The Labute approximate surface area is 114 Å². The zero-order valence-corrected chi connectivity index (χ0v) is 11.7. The maximum Gasteiger partial charge on any atom is 0.352 e. The summed E-state index contributed by atoms with van der Waals surface area (Å²) in [6.45, 7) is 2.29. The number of rotatable bonds is 7. The predicted molar refractivity (Wildman–Crippen MR) is 72.3 cm³/mol. The Kier molecular flexibility index (Phi) is 4.44. The van der Waals surface area contributed by atoms with Crippen LogP contribution < -0.4 is 0 Å². The number of hydrogen-bond acceptors (Lipinski definition) is 2. The second-order valence-corrected chi connectivity index (χ2v) is 5.66. The van der Waals surface area contributed by atoms with Gasteiger partial charge in [-0.3, -0.25) is 0 Å². The third kappa shape index (κ3) is 3.99. The van der Waals surface area contributed by atoms with Crippen molar-refractivity contribution in [1.82, 2.24) is 4.57 Å². The van der Waals surface area contributed by atoms with Crippen LogP contribution in [0.1, 0.15) is 29.8 Å². The summed E-state index contributed by atoms with van der Waals surface area (Å²) in [5, 5.41) is 9.01. The quantitative estimate of drug-likeness (QED) is 0.608. The Morgan fingerprint density at radius 2 is 2.35 bits per heavy atom. The lowest BCUT2D eigenvalue weighted by atomic mass is 10.4. The molecule has 1 aromatic rings. The van der Waals surface area contributed by atoms with E-state index in [9.17, 15) is 4.79 Å². The monoisotopic (exact) mass is 349 g/mol. The minimum absolute atomic E-state index is 0.358. The molecule has 4 nitrogen and oxygen atoms in total. The molecule has 1 heterocycles. The van der Waals surface area contributed by atoms with E-state index in [1.807, 2.05) is 6.20 Å². The van der Waals surface area contributed by atoms with Crippen LogP contribution in [0.3, 0.4) is 0 Å². The first-order valence-electron chi connectivity index (χ1n) is 5.83. The van der Waals surface area contributed by atoms with Gasteiger partial charge in [-0.15, -0.1) is 0 Å². The zero-order valence-electron chi connectivity index (χ0n) is 9.56. The number of aromatic carboxylic acids is 1. The fourth-order valence-electron chi connectivity index (χ4n) is 1.71. The molecule has 1 aromatic heterocycles. The largest absolute Gasteiger partial charge is 0.477 e. The van der Waals surface area contributed by atoms with E-state index in [2.05, 4.69) is 22.6 Å². The molecule has 0 aromatic carbocycles. The summed E-state index contributed by atoms with van der Waals surface area (Å²) >= 11 is 2.13. The molecule has 0 atom stereocenters. The van der Waals surface area contributed by atoms with Crippen LogP contribution in [-0.4, -0.2) is 28.9 Å². The number of aryl methyl sites for hydroxylation is 1. The fourth-order valence-corrected chi connectivity index (χ4v) is 2.34. The van der Waals surface area contributed by atoms with Crippen LogP contribution in [0.2, 0.25) is 0 Å². The van der Waals surface area contributed by atoms with Gasteiger partial charge in [-0.1, -0.05) is 0 Å². The number of aromatic nitrogens is 1. The lowest BCUT2D eigenvalue weighted by Gasteiger charge is -2.06. The Hall–Kier alpha value is -0.560. The maximum absolute atomic E-state index is 11.0. The van der Waals surface area contributed by atoms with Crippen LogP contribution in [0.15, 0.2) is 12.3 Å². The topological polar surface area (TPSA) is 51.5 Å². The van der Waals surface area contributed by atoms with Crippen molar-refractivity contribution in [1.29, 1.82) is 0 Å². The van der Waals surface area contributed by atoms with Crippen molar-refractivity contribution in [3.05, 3.63) is 21.5 Å². The van der Waals surface area contributed by atoms with Crippen LogP contribution in [-0.2, 0) is 11.3 Å². The van der Waals surface area contributed by atoms with Gasteiger partial charge >= 0.3 is 5.97 Å². The number of halogens is 1. The Morgan fingerprint density at radius 3 is 3.00 bits per heavy atom. The smallest absolute Gasteiger partial charge is 0.352 e. The summed E-state index contributed by atoms with van der Waals surface area (Å²) < 4.78 is 8.26. The zero-order chi connectivity index (χ0) is 12.3. The highest BCUT2D eigenvalue weighted by molar-refractivity contribution is 14.1. The van der Waals surface area contributed by atoms with Crippen molar-refractivity contribution >= 4 is 28.6 Å². The van der Waals surface area contributed by atoms with Gasteiger partial charge in [0.1, 0.15) is 5.69 Å². The van der Waals surface area contributed by atoms with Crippen LogP contribution in [0.4, 0.5) is 0 Å². The molecule has 5 heteroatoms. The van der Waals surface area contributed by atoms with Crippen LogP contribution in [0, 0.1) is 9.49 Å². The molecule has 0 amide bonds. The van der Waals surface area contributed by atoms with Crippen LogP contribution in [0.5, 0.6) is 0 Å². The molecule has 0 saturated heterocycles. The first kappa shape index (κ1) is 12.9. The number of carboxylic acid groups (broad SMARTS) is 1. The standard InChI is InChI=1S/C12H16INO3/c13-10-6-11(12(15)16)14(7-10)4-1-5-17-8-9-2-3-9/h6-7,9H,1-5,8H2,(H,15,16). The number of ether oxygens (including phenoxy) is 1. The molecular formula is C12H16INO3. The normalized spacial score (nSPS) is 15.1. The van der Waals surface area contributed by atoms with Crippen molar-refractivity contribution in [2.24, 2.45) is 5.92 Å². The van der Waals surface area contributed by atoms with Crippen LogP contribution >= 0.6 is 22.6 Å². The molecule has 1 N–H and O–H groups in total. The average Bonchev–Trinajstić information content (AvgIpc) is 3.01. The number of nitrogens with zero attached hydrogens (tertiary/aromatic N) is 1. The Morgan fingerprint density at radius 1 is 1.59 bits per heavy atom. The van der Waals surface area contributed by atoms with Gasteiger partial charge in [0.2, 0.25) is 0 Å². The second kappa shape index (κ2) is 5.86. The minimum atomic E-state index is -0.869. The van der Waals surface area contributed by atoms with E-state index in [0.717, 1.165) is 22.5 Å². The summed E-state index contributed by atoms with van der Waals surface area (Å²) in [5.74, 6) is -0.0797. The van der Waals surface area contributed by atoms with E-state index in [4.69, 9.17) is 9.84 Å². The van der Waals surface area contributed by atoms with Gasteiger partial charge in [-0.25, -0.2) is 4.79 Å². The molecule has 0 unspecified atom stereocenters. The van der Waals surface area contributed by atoms with Gasteiger partial charge in [0, 0.05) is 29.5 Å². The molecule has 1 saturated carbocycles. The maximum atomic E-state index is 11.0. The summed E-state index contributed by atoms with van der Waals surface area (Å²) in [6.07, 6.45) is 5.33. The Balaban J connectivity index is 1.74. The molecule has 17 heavy (non-hydrogen) atoms. The molecule has 2 rings (SSSR count). The summed E-state index contributed by atoms with van der Waals surface area (Å²) in [6, 6.07) is 1.69. The fraction of sp³-hybridized carbons (Fsp3) is 0.583. The van der Waals surface area contributed by atoms with E-state index < -0.39 is 5.97 Å². The average molecular weight is 349 g/mol. The number of hydrogen-bond donors (Lipinski definition) is 1. The number of carboxylic acids is 1. The van der Waals surface area contributed by atoms with Gasteiger partial charge in [0.15, 0.2) is 0 Å². The van der Waals surface area contributed by atoms with Crippen LogP contribution in [0.25, 0.3) is 0 Å². The van der Waals surface area contributed by atoms with E-state index in [0.29, 0.717) is 18.8 Å². The first-order chi connectivity index (χ1) is 8.16. The molecule has 0 aliphatic heterocycles. The molecule has 1 aliphatic rings. The van der Waals surface area contributed by atoms with Crippen molar-refractivity contribution in [2.45, 2.75) is 25.8 Å². The molecule has 1 fully saturated rings. The highest BCUT2D eigenvalue weighted by atomic mass is 127. The molecular weight excluding hydrogens is 333 g/mol. The second-order valence-electron chi connectivity index (χ2n) is 4.41. The first-order valence-corrected chi connectivity index (χ1v) is 6.91. The van der Waals surface area contributed by atoms with E-state index in [1.54, 1.807) is 10.6 Å². The Bertz CT molecular complexity index is 398. The van der Waals surface area contributed by atoms with Crippen molar-refractivity contribution in [3.63, 3.8) is 0 Å². The van der Waals surface area contributed by atoms with Gasteiger partial charge < -0.3 is 14.4 Å². The lowest BCUT2D eigenvalue weighted by Crippen LogP contribution is -2.09. The van der Waals surface area contributed by atoms with E-state index in [-0.39, 0.29) is 0 Å². The lowest BCUT2D eigenvalue weighted by molar-refractivity contribution is 0.0683. The molecule has 0 radical (unpaired) electrons. The molecule has 0 bridgehead atoms. The van der Waals surface area contributed by atoms with E-state index in [1.165, 1.54) is 12.8 Å². The highest BCUT2D eigenvalue weighted by Gasteiger charge is 2.20. The van der Waals surface area contributed by atoms with E-state index >= 15 is 0 Å². The molecule has 1 aliphatic carbocycles. The predicted octanol–water partition coefficient (Wildman–Crippen LogP) is 2.61. The highest BCUT2D eigenvalue weighted by Crippen LogP contribution is 2.28. The SMILES string of the molecule is O=C(O)c1cc(I)cn1CCCOCC1CC1. The van der Waals surface area contributed by atoms with Crippen molar-refractivity contribution in [2.75, 3.05) is 13.2 Å². The van der Waals surface area contributed by atoms with Gasteiger partial charge in [-0.05, 0) is 53.8 Å². The number of carbonyl (C=O) groups is 1. The summed E-state index contributed by atoms with van der Waals surface area (Å²) in [7, 11) is 0. The molecule has 0 spiro atoms. The van der Waals surface area contributed by atoms with Gasteiger partial charge in [-0.2, -0.15) is 0 Å². The van der Waals surface area contributed by atoms with Gasteiger partial charge in [0.25, 0.3) is 0 Å². The summed E-state index contributed by atoms with van der Waals surface area (Å²) in [4.78, 5) is 11.0. The minimum Gasteiger partial charge on any atom is -0.477 e.